The monoisotopic (exact) mass is 317 g/mol. The average molecular weight is 318 g/mol. The van der Waals surface area contributed by atoms with Crippen molar-refractivity contribution in [1.82, 2.24) is 15.2 Å². The van der Waals surface area contributed by atoms with Gasteiger partial charge in [-0.2, -0.15) is 0 Å². The van der Waals surface area contributed by atoms with Crippen molar-refractivity contribution in [2.24, 2.45) is 0 Å². The number of hydrazine groups is 1. The van der Waals surface area contributed by atoms with Crippen LogP contribution in [0.5, 0.6) is 0 Å². The third-order valence-corrected chi connectivity index (χ3v) is 5.13. The molecule has 0 radical (unpaired) electrons. The van der Waals surface area contributed by atoms with Crippen LogP contribution in [0, 0.1) is 0 Å². The van der Waals surface area contributed by atoms with E-state index in [2.05, 4.69) is 10.1 Å². The second-order valence-electron chi connectivity index (χ2n) is 4.94. The fourth-order valence-corrected chi connectivity index (χ4v) is 3.95. The van der Waals surface area contributed by atoms with Gasteiger partial charge in [-0.25, -0.2) is 13.4 Å². The third-order valence-electron chi connectivity index (χ3n) is 3.27. The average Bonchev–Trinajstić information content (AvgIpc) is 2.42. The van der Waals surface area contributed by atoms with E-state index in [4.69, 9.17) is 11.6 Å². The lowest BCUT2D eigenvalue weighted by Crippen LogP contribution is -2.45. The maximum absolute atomic E-state index is 12.4. The van der Waals surface area contributed by atoms with Gasteiger partial charge in [-0.3, -0.25) is 0 Å². The number of rotatable bonds is 5. The molecule has 112 valence electrons. The minimum absolute atomic E-state index is 0.137. The van der Waals surface area contributed by atoms with E-state index in [-0.39, 0.29) is 9.92 Å². The van der Waals surface area contributed by atoms with Crippen LogP contribution in [-0.2, 0) is 16.6 Å². The van der Waals surface area contributed by atoms with Gasteiger partial charge in [0.1, 0.15) is 4.90 Å². The standard InChI is InChI=1S/C13H20ClN3O2S/c1-15-10-11-5-6-12(14)13(9-11)20(18,19)16-17-7-3-2-4-8-17/h5-6,9,15-16H,2-4,7-8,10H2,1H3. The van der Waals surface area contributed by atoms with Crippen molar-refractivity contribution < 1.29 is 8.42 Å². The van der Waals surface area contributed by atoms with Crippen LogP contribution >= 0.6 is 11.6 Å². The van der Waals surface area contributed by atoms with Crippen LogP contribution in [0.4, 0.5) is 0 Å². The zero-order chi connectivity index (χ0) is 14.6. The summed E-state index contributed by atoms with van der Waals surface area (Å²) in [6.45, 7) is 2.09. The highest BCUT2D eigenvalue weighted by molar-refractivity contribution is 7.89. The summed E-state index contributed by atoms with van der Waals surface area (Å²) in [5.74, 6) is 0. The molecule has 1 aliphatic heterocycles. The molecule has 2 N–H and O–H groups in total. The Morgan fingerprint density at radius 3 is 2.60 bits per heavy atom. The molecule has 1 aliphatic rings. The van der Waals surface area contributed by atoms with Gasteiger partial charge in [-0.1, -0.05) is 24.1 Å². The van der Waals surface area contributed by atoms with Crippen LogP contribution in [0.3, 0.4) is 0 Å². The zero-order valence-corrected chi connectivity index (χ0v) is 13.1. The second kappa shape index (κ2) is 6.87. The highest BCUT2D eigenvalue weighted by Crippen LogP contribution is 2.23. The van der Waals surface area contributed by atoms with Crippen LogP contribution in [-0.4, -0.2) is 33.6 Å². The van der Waals surface area contributed by atoms with Gasteiger partial charge in [0.25, 0.3) is 10.0 Å². The van der Waals surface area contributed by atoms with E-state index in [9.17, 15) is 8.42 Å². The number of nitrogens with zero attached hydrogens (tertiary/aromatic N) is 1. The zero-order valence-electron chi connectivity index (χ0n) is 11.5. The predicted octanol–water partition coefficient (Wildman–Crippen LogP) is 1.74. The lowest BCUT2D eigenvalue weighted by Gasteiger charge is -2.26. The molecule has 0 atom stereocenters. The normalized spacial score (nSPS) is 17.3. The summed E-state index contributed by atoms with van der Waals surface area (Å²) < 4.78 is 24.8. The quantitative estimate of drug-likeness (QED) is 0.868. The molecule has 1 heterocycles. The van der Waals surface area contributed by atoms with Crippen molar-refractivity contribution in [2.45, 2.75) is 30.7 Å². The number of halogens is 1. The molecule has 20 heavy (non-hydrogen) atoms. The molecule has 0 amide bonds. The first-order valence-electron chi connectivity index (χ1n) is 6.73. The molecule has 0 unspecified atom stereocenters. The largest absolute Gasteiger partial charge is 0.316 e. The van der Waals surface area contributed by atoms with E-state index in [1.807, 2.05) is 13.1 Å². The number of nitrogens with one attached hydrogen (secondary N) is 2. The van der Waals surface area contributed by atoms with Gasteiger partial charge < -0.3 is 5.32 Å². The molecular formula is C13H20ClN3O2S. The van der Waals surface area contributed by atoms with Crippen LogP contribution in [0.25, 0.3) is 0 Å². The van der Waals surface area contributed by atoms with Gasteiger partial charge in [0, 0.05) is 19.6 Å². The van der Waals surface area contributed by atoms with E-state index in [0.717, 1.165) is 37.9 Å². The molecule has 0 aromatic heterocycles. The molecular weight excluding hydrogens is 298 g/mol. The number of sulfonamides is 1. The SMILES string of the molecule is CNCc1ccc(Cl)c(S(=O)(=O)NN2CCCCC2)c1. The van der Waals surface area contributed by atoms with Crippen LogP contribution < -0.4 is 10.1 Å². The number of hydrogen-bond donors (Lipinski definition) is 2. The Morgan fingerprint density at radius 1 is 1.25 bits per heavy atom. The first-order valence-corrected chi connectivity index (χ1v) is 8.59. The topological polar surface area (TPSA) is 61.4 Å². The molecule has 0 bridgehead atoms. The Hall–Kier alpha value is -0.660. The molecule has 0 saturated carbocycles. The van der Waals surface area contributed by atoms with Gasteiger partial charge in [-0.05, 0) is 37.6 Å². The van der Waals surface area contributed by atoms with Gasteiger partial charge >= 0.3 is 0 Å². The highest BCUT2D eigenvalue weighted by Gasteiger charge is 2.22. The fourth-order valence-electron chi connectivity index (χ4n) is 2.27. The molecule has 0 spiro atoms. The van der Waals surface area contributed by atoms with Gasteiger partial charge in [-0.15, -0.1) is 4.83 Å². The first-order chi connectivity index (χ1) is 9.53. The van der Waals surface area contributed by atoms with Crippen LogP contribution in [0.2, 0.25) is 5.02 Å². The third kappa shape index (κ3) is 3.93. The summed E-state index contributed by atoms with van der Waals surface area (Å²) in [6.07, 6.45) is 3.17. The summed E-state index contributed by atoms with van der Waals surface area (Å²) in [5.41, 5.74) is 0.885. The Morgan fingerprint density at radius 2 is 1.95 bits per heavy atom. The van der Waals surface area contributed by atoms with Gasteiger partial charge in [0.15, 0.2) is 0 Å². The number of hydrogen-bond acceptors (Lipinski definition) is 4. The maximum Gasteiger partial charge on any atom is 0.254 e. The Kier molecular flexibility index (Phi) is 5.40. The van der Waals surface area contributed by atoms with E-state index in [1.165, 1.54) is 0 Å². The first kappa shape index (κ1) is 15.7. The van der Waals surface area contributed by atoms with Crippen molar-refractivity contribution in [2.75, 3.05) is 20.1 Å². The van der Waals surface area contributed by atoms with Crippen molar-refractivity contribution in [1.29, 1.82) is 0 Å². The lowest BCUT2D eigenvalue weighted by molar-refractivity contribution is 0.200. The van der Waals surface area contributed by atoms with Crippen molar-refractivity contribution in [3.05, 3.63) is 28.8 Å². The van der Waals surface area contributed by atoms with Gasteiger partial charge in [0.05, 0.1) is 5.02 Å². The highest BCUT2D eigenvalue weighted by atomic mass is 35.5. The summed E-state index contributed by atoms with van der Waals surface area (Å²) in [4.78, 5) is 2.76. The molecule has 0 aliphatic carbocycles. The summed E-state index contributed by atoms with van der Waals surface area (Å²) in [7, 11) is -1.80. The Balaban J connectivity index is 2.21. The van der Waals surface area contributed by atoms with E-state index < -0.39 is 10.0 Å². The summed E-state index contributed by atoms with van der Waals surface area (Å²) in [6, 6.07) is 5.06. The Bertz CT molecular complexity index is 557. The van der Waals surface area contributed by atoms with Crippen LogP contribution in [0.15, 0.2) is 23.1 Å². The van der Waals surface area contributed by atoms with Gasteiger partial charge in [0.2, 0.25) is 0 Å². The smallest absolute Gasteiger partial charge is 0.254 e. The van der Waals surface area contributed by atoms with E-state index >= 15 is 0 Å². The van der Waals surface area contributed by atoms with E-state index in [1.54, 1.807) is 17.1 Å². The summed E-state index contributed by atoms with van der Waals surface area (Å²) >= 11 is 6.04. The van der Waals surface area contributed by atoms with E-state index in [0.29, 0.717) is 6.54 Å². The molecule has 2 rings (SSSR count). The second-order valence-corrected chi connectivity index (χ2v) is 6.97. The number of piperidine rings is 1. The van der Waals surface area contributed by atoms with Crippen LogP contribution in [0.1, 0.15) is 24.8 Å². The molecule has 7 heteroatoms. The molecule has 1 fully saturated rings. The molecule has 1 aromatic carbocycles. The van der Waals surface area contributed by atoms with Crippen molar-refractivity contribution in [3.63, 3.8) is 0 Å². The molecule has 5 nitrogen and oxygen atoms in total. The maximum atomic E-state index is 12.4. The van der Waals surface area contributed by atoms with Crippen molar-refractivity contribution in [3.8, 4) is 0 Å². The molecule has 1 saturated heterocycles. The van der Waals surface area contributed by atoms with Crippen molar-refractivity contribution >= 4 is 21.6 Å². The Labute approximate surface area is 125 Å². The fraction of sp³-hybridized carbons (Fsp3) is 0.538. The summed E-state index contributed by atoms with van der Waals surface area (Å²) in [5, 5.41) is 4.99. The molecule has 1 aromatic rings. The minimum Gasteiger partial charge on any atom is -0.316 e. The number of benzene rings is 1. The lowest BCUT2D eigenvalue weighted by atomic mass is 10.2. The minimum atomic E-state index is -3.62. The predicted molar refractivity (Wildman–Crippen MR) is 80.0 cm³/mol.